The summed E-state index contributed by atoms with van der Waals surface area (Å²) < 4.78 is 0. The quantitative estimate of drug-likeness (QED) is 0.301. The Morgan fingerprint density at radius 3 is 2.00 bits per heavy atom. The van der Waals surface area contributed by atoms with Crippen molar-refractivity contribution in [3.63, 3.8) is 0 Å². The van der Waals surface area contributed by atoms with Crippen molar-refractivity contribution in [1.82, 2.24) is 5.32 Å². The second kappa shape index (κ2) is 15.5. The monoisotopic (exact) mass is 365 g/mol. The van der Waals surface area contributed by atoms with Gasteiger partial charge in [0.05, 0.1) is 0 Å². The van der Waals surface area contributed by atoms with Crippen molar-refractivity contribution in [2.24, 2.45) is 11.8 Å². The van der Waals surface area contributed by atoms with Crippen molar-refractivity contribution in [2.75, 3.05) is 0 Å². The smallest absolute Gasteiger partial charge is 0.223 e. The molecule has 0 aromatic heterocycles. The average molecular weight is 366 g/mol. The van der Waals surface area contributed by atoms with E-state index in [-0.39, 0.29) is 5.92 Å². The van der Waals surface area contributed by atoms with Crippen LogP contribution in [-0.4, -0.2) is 11.9 Å². The van der Waals surface area contributed by atoms with Crippen LogP contribution in [0.2, 0.25) is 0 Å². The number of carbonyl (C=O) groups excluding carboxylic acids is 1. The van der Waals surface area contributed by atoms with Gasteiger partial charge in [0.1, 0.15) is 0 Å². The Balaban J connectivity index is 2.34. The van der Waals surface area contributed by atoms with E-state index in [1.165, 1.54) is 96.3 Å². The largest absolute Gasteiger partial charge is 0.353 e. The van der Waals surface area contributed by atoms with Gasteiger partial charge in [-0.25, -0.2) is 0 Å². The van der Waals surface area contributed by atoms with E-state index in [9.17, 15) is 4.79 Å². The van der Waals surface area contributed by atoms with E-state index < -0.39 is 0 Å². The minimum atomic E-state index is 0.263. The maximum Gasteiger partial charge on any atom is 0.223 e. The van der Waals surface area contributed by atoms with Gasteiger partial charge in [-0.15, -0.1) is 0 Å². The molecule has 0 radical (unpaired) electrons. The number of amides is 1. The van der Waals surface area contributed by atoms with Crippen molar-refractivity contribution in [1.29, 1.82) is 0 Å². The van der Waals surface area contributed by atoms with Crippen LogP contribution in [0.1, 0.15) is 130 Å². The molecule has 26 heavy (non-hydrogen) atoms. The van der Waals surface area contributed by atoms with Gasteiger partial charge in [-0.3, -0.25) is 4.79 Å². The van der Waals surface area contributed by atoms with E-state index in [0.29, 0.717) is 11.9 Å². The third-order valence-electron chi connectivity index (χ3n) is 6.44. The van der Waals surface area contributed by atoms with E-state index in [0.717, 1.165) is 18.8 Å². The van der Waals surface area contributed by atoms with Crippen LogP contribution in [0.4, 0.5) is 0 Å². The zero-order chi connectivity index (χ0) is 19.0. The van der Waals surface area contributed by atoms with Crippen molar-refractivity contribution in [3.05, 3.63) is 0 Å². The minimum absolute atomic E-state index is 0.263. The molecule has 1 aliphatic rings. The first-order valence-corrected chi connectivity index (χ1v) is 12.0. The fraction of sp³-hybridized carbons (Fsp3) is 0.958. The fourth-order valence-corrected chi connectivity index (χ4v) is 4.48. The second-order valence-corrected chi connectivity index (χ2v) is 8.74. The Morgan fingerprint density at radius 2 is 1.38 bits per heavy atom. The van der Waals surface area contributed by atoms with Gasteiger partial charge in [0.25, 0.3) is 0 Å². The lowest BCUT2D eigenvalue weighted by molar-refractivity contribution is -0.126. The van der Waals surface area contributed by atoms with Crippen LogP contribution >= 0.6 is 0 Å². The van der Waals surface area contributed by atoms with Gasteiger partial charge in [0, 0.05) is 12.0 Å². The maximum atomic E-state index is 12.8. The van der Waals surface area contributed by atoms with E-state index in [1.807, 2.05) is 0 Å². The van der Waals surface area contributed by atoms with Crippen LogP contribution in [0.15, 0.2) is 0 Å². The van der Waals surface area contributed by atoms with Gasteiger partial charge in [0.15, 0.2) is 0 Å². The van der Waals surface area contributed by atoms with Crippen molar-refractivity contribution >= 4 is 5.91 Å². The Morgan fingerprint density at radius 1 is 0.808 bits per heavy atom. The average Bonchev–Trinajstić information content (AvgIpc) is 2.66. The van der Waals surface area contributed by atoms with E-state index in [4.69, 9.17) is 0 Å². The van der Waals surface area contributed by atoms with Crippen LogP contribution in [-0.2, 0) is 4.79 Å². The van der Waals surface area contributed by atoms with E-state index in [1.54, 1.807) is 0 Å². The highest BCUT2D eigenvalue weighted by atomic mass is 16.1. The number of carbonyl (C=O) groups is 1. The van der Waals surface area contributed by atoms with Gasteiger partial charge in [0.2, 0.25) is 5.91 Å². The molecule has 0 aromatic rings. The number of hydrogen-bond donors (Lipinski definition) is 1. The number of rotatable bonds is 15. The number of nitrogens with one attached hydrogen (secondary N) is 1. The van der Waals surface area contributed by atoms with Crippen molar-refractivity contribution in [3.8, 4) is 0 Å². The topological polar surface area (TPSA) is 29.1 Å². The minimum Gasteiger partial charge on any atom is -0.353 e. The molecule has 0 spiro atoms. The normalized spacial score (nSPS) is 17.8. The zero-order valence-corrected chi connectivity index (χ0v) is 18.2. The summed E-state index contributed by atoms with van der Waals surface area (Å²) in [5.41, 5.74) is 0. The van der Waals surface area contributed by atoms with E-state index in [2.05, 4.69) is 26.1 Å². The molecule has 0 aromatic carbocycles. The molecule has 2 heteroatoms. The predicted octanol–water partition coefficient (Wildman–Crippen LogP) is 7.41. The summed E-state index contributed by atoms with van der Waals surface area (Å²) in [6, 6.07) is 0.462. The molecule has 0 saturated heterocycles. The highest BCUT2D eigenvalue weighted by molar-refractivity contribution is 5.78. The molecule has 1 N–H and O–H groups in total. The molecular formula is C24H47NO. The first-order chi connectivity index (χ1) is 12.7. The van der Waals surface area contributed by atoms with Gasteiger partial charge >= 0.3 is 0 Å². The highest BCUT2D eigenvalue weighted by Gasteiger charge is 2.22. The molecule has 1 rings (SSSR count). The molecular weight excluding hydrogens is 318 g/mol. The van der Waals surface area contributed by atoms with Crippen LogP contribution in [0.25, 0.3) is 0 Å². The predicted molar refractivity (Wildman–Crippen MR) is 114 cm³/mol. The summed E-state index contributed by atoms with van der Waals surface area (Å²) in [6.45, 7) is 6.88. The molecule has 1 aliphatic carbocycles. The standard InChI is InChI=1S/C24H47NO/c1-4-7-10-17-22(24(26)25-23-19-11-9-12-20-23)18-14-13-16-21(6-3)15-8-5-2/h21-23H,4-20H2,1-3H3,(H,25,26). The Hall–Kier alpha value is -0.530. The summed E-state index contributed by atoms with van der Waals surface area (Å²) in [7, 11) is 0. The molecule has 2 unspecified atom stereocenters. The maximum absolute atomic E-state index is 12.8. The molecule has 1 fully saturated rings. The summed E-state index contributed by atoms with van der Waals surface area (Å²) >= 11 is 0. The molecule has 154 valence electrons. The third kappa shape index (κ3) is 10.6. The zero-order valence-electron chi connectivity index (χ0n) is 18.2. The molecule has 1 saturated carbocycles. The first kappa shape index (κ1) is 23.5. The van der Waals surface area contributed by atoms with Crippen molar-refractivity contribution in [2.45, 2.75) is 136 Å². The lowest BCUT2D eigenvalue weighted by Crippen LogP contribution is -2.40. The van der Waals surface area contributed by atoms with Crippen LogP contribution in [0, 0.1) is 11.8 Å². The van der Waals surface area contributed by atoms with Gasteiger partial charge < -0.3 is 5.32 Å². The molecule has 1 amide bonds. The Labute approximate surface area is 164 Å². The second-order valence-electron chi connectivity index (χ2n) is 8.74. The number of unbranched alkanes of at least 4 members (excludes halogenated alkanes) is 4. The molecule has 2 nitrogen and oxygen atoms in total. The summed E-state index contributed by atoms with van der Waals surface area (Å²) in [4.78, 5) is 12.8. The van der Waals surface area contributed by atoms with E-state index >= 15 is 0 Å². The SMILES string of the molecule is CCCCCC(CCCCC(CC)CCCC)C(=O)NC1CCCCC1. The van der Waals surface area contributed by atoms with Gasteiger partial charge in [-0.2, -0.15) is 0 Å². The lowest BCUT2D eigenvalue weighted by Gasteiger charge is -2.26. The number of hydrogen-bond acceptors (Lipinski definition) is 1. The molecule has 0 heterocycles. The highest BCUT2D eigenvalue weighted by Crippen LogP contribution is 2.24. The molecule has 2 atom stereocenters. The lowest BCUT2D eigenvalue weighted by atomic mass is 9.89. The van der Waals surface area contributed by atoms with Crippen LogP contribution in [0.3, 0.4) is 0 Å². The summed E-state index contributed by atoms with van der Waals surface area (Å²) in [5, 5.41) is 3.40. The summed E-state index contributed by atoms with van der Waals surface area (Å²) in [5.74, 6) is 1.54. The van der Waals surface area contributed by atoms with Crippen LogP contribution < -0.4 is 5.32 Å². The molecule has 0 aliphatic heterocycles. The third-order valence-corrected chi connectivity index (χ3v) is 6.44. The first-order valence-electron chi connectivity index (χ1n) is 12.0. The van der Waals surface area contributed by atoms with Crippen molar-refractivity contribution < 1.29 is 4.79 Å². The fourth-order valence-electron chi connectivity index (χ4n) is 4.48. The Kier molecular flexibility index (Phi) is 14.0. The summed E-state index contributed by atoms with van der Waals surface area (Å²) in [6.07, 6.45) is 21.6. The van der Waals surface area contributed by atoms with Gasteiger partial charge in [-0.05, 0) is 31.6 Å². The molecule has 0 bridgehead atoms. The Bertz CT molecular complexity index is 335. The van der Waals surface area contributed by atoms with Crippen LogP contribution in [0.5, 0.6) is 0 Å². The van der Waals surface area contributed by atoms with Gasteiger partial charge in [-0.1, -0.05) is 104 Å².